The van der Waals surface area contributed by atoms with Crippen molar-refractivity contribution in [1.29, 1.82) is 0 Å². The Morgan fingerprint density at radius 3 is 2.63 bits per heavy atom. The summed E-state index contributed by atoms with van der Waals surface area (Å²) in [7, 11) is -0.801. The van der Waals surface area contributed by atoms with Crippen LogP contribution in [0, 0.1) is 16.7 Å². The van der Waals surface area contributed by atoms with Crippen molar-refractivity contribution in [2.45, 2.75) is 105 Å². The first-order valence-corrected chi connectivity index (χ1v) is 13.9. The van der Waals surface area contributed by atoms with E-state index in [1.54, 1.807) is 25.3 Å². The van der Waals surface area contributed by atoms with Crippen molar-refractivity contribution in [2.24, 2.45) is 16.7 Å². The van der Waals surface area contributed by atoms with E-state index in [2.05, 4.69) is 11.6 Å². The lowest BCUT2D eigenvalue weighted by atomic mass is 9.51. The number of carbonyl (C=O) groups excluding carboxylic acids is 1. The van der Waals surface area contributed by atoms with Gasteiger partial charge in [-0.2, -0.15) is 0 Å². The van der Waals surface area contributed by atoms with Gasteiger partial charge in [-0.15, -0.1) is 11.6 Å². The topological polar surface area (TPSA) is 130 Å². The molecule has 7 fully saturated rings. The maximum atomic E-state index is 13.6. The lowest BCUT2D eigenvalue weighted by Gasteiger charge is -2.66. The van der Waals surface area contributed by atoms with Crippen LogP contribution < -0.4 is 0 Å². The normalized spacial score (nSPS) is 55.6. The standard InChI is InChI=1S/C27H35BClNO8/c1-7-28-37-22-11-10-15(4)17(31)25(22)27(34)21(6)23(33,36-25)13-20(22,5)26(27,38-28)19(24(21,29)14(2)3)35-18(32)16-9-8-12-30-16/h8-9,12,14,17,19,30-31,33-34H,4,7,10-11,13H2,1-3,5-6H3/t17-,19-,20+,21-,22+,23+,24-,25-,26-,27+/m1/s1. The van der Waals surface area contributed by atoms with E-state index >= 15 is 0 Å². The molecule has 3 saturated heterocycles. The number of carbonyl (C=O) groups is 1. The summed E-state index contributed by atoms with van der Waals surface area (Å²) in [5, 5.41) is 37.9. The SMILES string of the molecule is C=C1CC[C@@]23OB(CC)O[C@@]45[C@H](OC(=O)c6ccc[nH]6)[C@](Cl)(C(C)C)[C@]6(C)[C@]4(O)[C@@]2(O[C@@]6(O)C[C@@]35C)[C@@H]1O. The lowest BCUT2D eigenvalue weighted by Crippen LogP contribution is -2.78. The van der Waals surface area contributed by atoms with Crippen LogP contribution in [0.3, 0.4) is 0 Å². The molecule has 11 heteroatoms. The number of aliphatic hydroxyl groups is 3. The summed E-state index contributed by atoms with van der Waals surface area (Å²) in [4.78, 5) is 14.9. The average Bonchev–Trinajstić information content (AvgIpc) is 3.47. The van der Waals surface area contributed by atoms with Crippen molar-refractivity contribution in [2.75, 3.05) is 0 Å². The molecule has 1 aromatic heterocycles. The number of aromatic nitrogens is 1. The number of halogens is 1. The van der Waals surface area contributed by atoms with Gasteiger partial charge in [-0.3, -0.25) is 0 Å². The molecule has 4 saturated carbocycles. The van der Waals surface area contributed by atoms with Gasteiger partial charge in [-0.05, 0) is 49.7 Å². The Morgan fingerprint density at radius 1 is 1.32 bits per heavy atom. The fourth-order valence-electron chi connectivity index (χ4n) is 10.4. The Kier molecular flexibility index (Phi) is 4.53. The molecule has 4 aliphatic carbocycles. The molecule has 10 atom stereocenters. The van der Waals surface area contributed by atoms with E-state index in [0.717, 1.165) is 0 Å². The van der Waals surface area contributed by atoms with E-state index < -0.39 is 75.1 Å². The van der Waals surface area contributed by atoms with Crippen molar-refractivity contribution in [3.05, 3.63) is 36.2 Å². The number of aromatic amines is 1. The van der Waals surface area contributed by atoms with Crippen molar-refractivity contribution in [1.82, 2.24) is 4.98 Å². The van der Waals surface area contributed by atoms with Crippen LogP contribution in [0.25, 0.3) is 0 Å². The third-order valence-electron chi connectivity index (χ3n) is 11.8. The second-order valence-corrected chi connectivity index (χ2v) is 13.6. The first-order chi connectivity index (χ1) is 17.7. The van der Waals surface area contributed by atoms with Crippen molar-refractivity contribution >= 4 is 24.7 Å². The van der Waals surface area contributed by atoms with Gasteiger partial charge in [-0.1, -0.05) is 34.3 Å². The largest absolute Gasteiger partial charge is 0.457 e. The molecule has 3 aliphatic heterocycles. The molecule has 1 aromatic rings. The summed E-state index contributed by atoms with van der Waals surface area (Å²) < 4.78 is 26.6. The summed E-state index contributed by atoms with van der Waals surface area (Å²) >= 11 is 7.70. The van der Waals surface area contributed by atoms with Crippen LogP contribution in [0.15, 0.2) is 30.5 Å². The van der Waals surface area contributed by atoms with E-state index in [0.29, 0.717) is 24.7 Å². The van der Waals surface area contributed by atoms with Crippen LogP contribution >= 0.6 is 11.6 Å². The van der Waals surface area contributed by atoms with Crippen LogP contribution in [-0.4, -0.2) is 78.7 Å². The minimum absolute atomic E-state index is 0.00787. The summed E-state index contributed by atoms with van der Waals surface area (Å²) in [6.07, 6.45) is 0.245. The number of alkyl halides is 1. The van der Waals surface area contributed by atoms with E-state index in [1.165, 1.54) is 0 Å². The maximum Gasteiger partial charge on any atom is 0.457 e. The number of rotatable bonds is 4. The van der Waals surface area contributed by atoms with Crippen LogP contribution in [0.4, 0.5) is 0 Å². The molecule has 4 N–H and O–H groups in total. The fourth-order valence-corrected chi connectivity index (χ4v) is 10.8. The molecule has 3 spiro atoms. The van der Waals surface area contributed by atoms with Gasteiger partial charge in [0.05, 0.1) is 11.0 Å². The number of H-pyrrole nitrogens is 1. The number of nitrogens with one attached hydrogen (secondary N) is 1. The molecule has 0 radical (unpaired) electrons. The summed E-state index contributed by atoms with van der Waals surface area (Å²) in [5.74, 6) is -3.09. The molecule has 0 amide bonds. The highest BCUT2D eigenvalue weighted by atomic mass is 35.5. The maximum absolute atomic E-state index is 13.6. The molecule has 206 valence electrons. The van der Waals surface area contributed by atoms with Crippen molar-refractivity contribution < 1.29 is 38.9 Å². The number of hydrogen-bond donors (Lipinski definition) is 4. The van der Waals surface area contributed by atoms with Gasteiger partial charge in [0, 0.05) is 18.0 Å². The van der Waals surface area contributed by atoms with Gasteiger partial charge >= 0.3 is 13.1 Å². The average molecular weight is 548 g/mol. The predicted octanol–water partition coefficient (Wildman–Crippen LogP) is 2.55. The van der Waals surface area contributed by atoms with Gasteiger partial charge in [0.2, 0.25) is 0 Å². The van der Waals surface area contributed by atoms with Gasteiger partial charge in [0.25, 0.3) is 0 Å². The molecule has 9 nitrogen and oxygen atoms in total. The van der Waals surface area contributed by atoms with E-state index in [-0.39, 0.29) is 12.1 Å². The van der Waals surface area contributed by atoms with Crippen LogP contribution in [0.2, 0.25) is 6.32 Å². The second-order valence-electron chi connectivity index (χ2n) is 13.0. The zero-order chi connectivity index (χ0) is 27.5. The van der Waals surface area contributed by atoms with E-state index in [1.807, 2.05) is 27.7 Å². The highest BCUT2D eigenvalue weighted by molar-refractivity contribution is 6.45. The monoisotopic (exact) mass is 547 g/mol. The third kappa shape index (κ3) is 1.89. The lowest BCUT2D eigenvalue weighted by molar-refractivity contribution is -0.383. The number of esters is 1. The molecule has 38 heavy (non-hydrogen) atoms. The fraction of sp³-hybridized carbons (Fsp3) is 0.741. The first kappa shape index (κ1) is 25.6. The molecule has 4 heterocycles. The summed E-state index contributed by atoms with van der Waals surface area (Å²) in [6, 6.07) is 3.28. The number of aliphatic hydroxyl groups excluding tert-OH is 1. The quantitative estimate of drug-likeness (QED) is 0.196. The van der Waals surface area contributed by atoms with Gasteiger partial charge in [0.1, 0.15) is 27.9 Å². The number of hydrogen-bond acceptors (Lipinski definition) is 8. The molecule has 8 rings (SSSR count). The Balaban J connectivity index is 1.60. The van der Waals surface area contributed by atoms with Crippen molar-refractivity contribution in [3.8, 4) is 0 Å². The van der Waals surface area contributed by atoms with Crippen molar-refractivity contribution in [3.63, 3.8) is 0 Å². The molecular formula is C27H35BClNO8. The molecular weight excluding hydrogens is 513 g/mol. The Hall–Kier alpha value is -1.40. The summed E-state index contributed by atoms with van der Waals surface area (Å²) in [5.41, 5.74) is -9.09. The summed E-state index contributed by atoms with van der Waals surface area (Å²) in [6.45, 7) is 13.3. The van der Waals surface area contributed by atoms with Gasteiger partial charge < -0.3 is 39.1 Å². The van der Waals surface area contributed by atoms with Gasteiger partial charge in [-0.25, -0.2) is 4.79 Å². The van der Waals surface area contributed by atoms with E-state index in [9.17, 15) is 20.1 Å². The third-order valence-corrected chi connectivity index (χ3v) is 12.8. The Bertz CT molecular complexity index is 1280. The Labute approximate surface area is 227 Å². The first-order valence-electron chi connectivity index (χ1n) is 13.6. The molecule has 0 unspecified atom stereocenters. The van der Waals surface area contributed by atoms with Crippen LogP contribution in [0.1, 0.15) is 64.4 Å². The molecule has 0 aromatic carbocycles. The highest BCUT2D eigenvalue weighted by Crippen LogP contribution is 2.93. The zero-order valence-corrected chi connectivity index (χ0v) is 23.1. The smallest absolute Gasteiger partial charge is 0.453 e. The van der Waals surface area contributed by atoms with Gasteiger partial charge in [0.15, 0.2) is 17.5 Å². The van der Waals surface area contributed by atoms with Crippen LogP contribution in [0.5, 0.6) is 0 Å². The zero-order valence-electron chi connectivity index (χ0n) is 22.3. The Morgan fingerprint density at radius 2 is 2.03 bits per heavy atom. The second kappa shape index (κ2) is 6.73. The highest BCUT2D eigenvalue weighted by Gasteiger charge is 3.11. The molecule has 7 bridgehead atoms. The predicted molar refractivity (Wildman–Crippen MR) is 136 cm³/mol. The van der Waals surface area contributed by atoms with Crippen LogP contribution in [-0.2, 0) is 18.8 Å². The number of ether oxygens (including phenoxy) is 2. The minimum atomic E-state index is -2.13. The molecule has 7 aliphatic rings. The minimum Gasteiger partial charge on any atom is -0.453 e. The van der Waals surface area contributed by atoms with E-state index in [4.69, 9.17) is 30.4 Å².